The second-order valence-electron chi connectivity index (χ2n) is 6.40. The number of hydrazine groups is 1. The van der Waals surface area contributed by atoms with Crippen LogP contribution in [0.3, 0.4) is 0 Å². The van der Waals surface area contributed by atoms with Crippen molar-refractivity contribution in [2.45, 2.75) is 12.6 Å². The first-order valence-electron chi connectivity index (χ1n) is 8.43. The molecule has 1 atom stereocenters. The standard InChI is InChI=1S/C18H15F4N3O3S/c19-12-3-1-10(2-4-12)13-5-6-14(29-13)17(28)24-23-16(27)11-7-15(26)25(8-11)9-18(20,21)22/h1-6,11H,7-9H2,(H,23,27)(H,24,28). The molecule has 1 aromatic carbocycles. The zero-order valence-corrected chi connectivity index (χ0v) is 15.6. The molecule has 1 aliphatic heterocycles. The van der Waals surface area contributed by atoms with Gasteiger partial charge in [-0.1, -0.05) is 12.1 Å². The molecule has 2 N–H and O–H groups in total. The van der Waals surface area contributed by atoms with Gasteiger partial charge in [-0.2, -0.15) is 13.2 Å². The highest BCUT2D eigenvalue weighted by atomic mass is 32.1. The molecular weight excluding hydrogens is 414 g/mol. The lowest BCUT2D eigenvalue weighted by Gasteiger charge is -2.18. The maximum Gasteiger partial charge on any atom is 0.406 e. The van der Waals surface area contributed by atoms with E-state index in [1.165, 1.54) is 18.2 Å². The Morgan fingerprint density at radius 3 is 2.45 bits per heavy atom. The number of nitrogens with zero attached hydrogens (tertiary/aromatic N) is 1. The molecule has 0 spiro atoms. The second kappa shape index (κ2) is 8.19. The van der Waals surface area contributed by atoms with E-state index in [1.54, 1.807) is 18.2 Å². The van der Waals surface area contributed by atoms with E-state index in [1.807, 2.05) is 0 Å². The third kappa shape index (κ3) is 5.31. The van der Waals surface area contributed by atoms with Crippen molar-refractivity contribution < 1.29 is 31.9 Å². The van der Waals surface area contributed by atoms with Crippen LogP contribution in [0.25, 0.3) is 10.4 Å². The van der Waals surface area contributed by atoms with Gasteiger partial charge in [0.25, 0.3) is 5.91 Å². The minimum Gasteiger partial charge on any atom is -0.333 e. The Labute approximate surface area is 166 Å². The molecule has 3 amide bonds. The van der Waals surface area contributed by atoms with Gasteiger partial charge in [-0.25, -0.2) is 4.39 Å². The van der Waals surface area contributed by atoms with Crippen LogP contribution in [-0.4, -0.2) is 41.9 Å². The summed E-state index contributed by atoms with van der Waals surface area (Å²) in [6, 6.07) is 8.90. The summed E-state index contributed by atoms with van der Waals surface area (Å²) >= 11 is 1.12. The maximum absolute atomic E-state index is 13.0. The van der Waals surface area contributed by atoms with Gasteiger partial charge in [0.05, 0.1) is 10.8 Å². The highest BCUT2D eigenvalue weighted by Crippen LogP contribution is 2.28. The first-order valence-corrected chi connectivity index (χ1v) is 9.24. The summed E-state index contributed by atoms with van der Waals surface area (Å²) < 4.78 is 50.3. The van der Waals surface area contributed by atoms with Gasteiger partial charge >= 0.3 is 6.18 Å². The summed E-state index contributed by atoms with van der Waals surface area (Å²) in [6.07, 6.45) is -4.90. The molecule has 0 bridgehead atoms. The van der Waals surface area contributed by atoms with Crippen LogP contribution in [0.4, 0.5) is 17.6 Å². The van der Waals surface area contributed by atoms with E-state index in [0.29, 0.717) is 15.3 Å². The summed E-state index contributed by atoms with van der Waals surface area (Å²) in [5.74, 6) is -3.50. The maximum atomic E-state index is 13.0. The average molecular weight is 429 g/mol. The Morgan fingerprint density at radius 2 is 1.79 bits per heavy atom. The highest BCUT2D eigenvalue weighted by molar-refractivity contribution is 7.17. The van der Waals surface area contributed by atoms with Crippen LogP contribution >= 0.6 is 11.3 Å². The molecule has 1 unspecified atom stereocenters. The molecule has 29 heavy (non-hydrogen) atoms. The van der Waals surface area contributed by atoms with Crippen molar-refractivity contribution in [3.8, 4) is 10.4 Å². The summed E-state index contributed by atoms with van der Waals surface area (Å²) in [5.41, 5.74) is 5.05. The number of hydrogen-bond donors (Lipinski definition) is 2. The summed E-state index contributed by atoms with van der Waals surface area (Å²) in [7, 11) is 0. The van der Waals surface area contributed by atoms with Crippen molar-refractivity contribution >= 4 is 29.1 Å². The molecule has 154 valence electrons. The van der Waals surface area contributed by atoms with E-state index in [9.17, 15) is 31.9 Å². The lowest BCUT2D eigenvalue weighted by atomic mass is 10.1. The summed E-state index contributed by atoms with van der Waals surface area (Å²) in [6.45, 7) is -1.78. The van der Waals surface area contributed by atoms with Gasteiger partial charge in [-0.15, -0.1) is 11.3 Å². The lowest BCUT2D eigenvalue weighted by molar-refractivity contribution is -0.157. The number of rotatable bonds is 4. The first kappa shape index (κ1) is 20.8. The predicted molar refractivity (Wildman–Crippen MR) is 96.1 cm³/mol. The Kier molecular flexibility index (Phi) is 5.87. The van der Waals surface area contributed by atoms with Crippen LogP contribution in [0, 0.1) is 11.7 Å². The van der Waals surface area contributed by atoms with Crippen molar-refractivity contribution in [1.29, 1.82) is 0 Å². The van der Waals surface area contributed by atoms with Gasteiger partial charge in [0.15, 0.2) is 0 Å². The number of alkyl halides is 3. The number of nitrogens with one attached hydrogen (secondary N) is 2. The van der Waals surface area contributed by atoms with Crippen molar-refractivity contribution in [3.63, 3.8) is 0 Å². The highest BCUT2D eigenvalue weighted by Gasteiger charge is 2.40. The molecular formula is C18H15F4N3O3S. The number of thiophene rings is 1. The fourth-order valence-electron chi connectivity index (χ4n) is 2.83. The summed E-state index contributed by atoms with van der Waals surface area (Å²) in [5, 5.41) is 0. The minimum atomic E-state index is -4.54. The number of amides is 3. The molecule has 2 heterocycles. The molecule has 3 rings (SSSR count). The molecule has 6 nitrogen and oxygen atoms in total. The van der Waals surface area contributed by atoms with E-state index in [4.69, 9.17) is 0 Å². The molecule has 0 aliphatic carbocycles. The minimum absolute atomic E-state index is 0.269. The number of likely N-dealkylation sites (tertiary alicyclic amines) is 1. The zero-order chi connectivity index (χ0) is 21.2. The molecule has 1 saturated heterocycles. The Bertz CT molecular complexity index is 927. The van der Waals surface area contributed by atoms with Crippen molar-refractivity contribution in [1.82, 2.24) is 15.8 Å². The topological polar surface area (TPSA) is 78.5 Å². The molecule has 1 fully saturated rings. The van der Waals surface area contributed by atoms with Crippen LogP contribution < -0.4 is 10.9 Å². The number of halogens is 4. The van der Waals surface area contributed by atoms with Crippen LogP contribution in [0.1, 0.15) is 16.1 Å². The van der Waals surface area contributed by atoms with Gasteiger partial charge < -0.3 is 4.90 Å². The number of carbonyl (C=O) groups excluding carboxylic acids is 3. The third-order valence-corrected chi connectivity index (χ3v) is 5.35. The lowest BCUT2D eigenvalue weighted by Crippen LogP contribution is -2.45. The normalized spacial score (nSPS) is 16.8. The average Bonchev–Trinajstić information content (AvgIpc) is 3.26. The number of benzene rings is 1. The molecule has 0 saturated carbocycles. The van der Waals surface area contributed by atoms with Gasteiger partial charge in [-0.05, 0) is 29.8 Å². The largest absolute Gasteiger partial charge is 0.406 e. The Balaban J connectivity index is 1.54. The van der Waals surface area contributed by atoms with Gasteiger partial charge in [0.2, 0.25) is 11.8 Å². The van der Waals surface area contributed by atoms with Crippen LogP contribution in [-0.2, 0) is 9.59 Å². The van der Waals surface area contributed by atoms with Crippen molar-refractivity contribution in [2.75, 3.05) is 13.1 Å². The van der Waals surface area contributed by atoms with Crippen LogP contribution in [0.5, 0.6) is 0 Å². The van der Waals surface area contributed by atoms with Crippen LogP contribution in [0.15, 0.2) is 36.4 Å². The second-order valence-corrected chi connectivity index (χ2v) is 7.49. The summed E-state index contributed by atoms with van der Waals surface area (Å²) in [4.78, 5) is 37.4. The fourth-order valence-corrected chi connectivity index (χ4v) is 3.74. The molecule has 11 heteroatoms. The zero-order valence-electron chi connectivity index (χ0n) is 14.8. The Morgan fingerprint density at radius 1 is 1.10 bits per heavy atom. The number of hydrogen-bond acceptors (Lipinski definition) is 4. The predicted octanol–water partition coefficient (Wildman–Crippen LogP) is 2.73. The van der Waals surface area contributed by atoms with E-state index >= 15 is 0 Å². The van der Waals surface area contributed by atoms with Gasteiger partial charge in [0, 0.05) is 17.8 Å². The first-order chi connectivity index (χ1) is 13.6. The van der Waals surface area contributed by atoms with E-state index in [0.717, 1.165) is 11.3 Å². The quantitative estimate of drug-likeness (QED) is 0.580. The molecule has 2 aromatic rings. The third-order valence-electron chi connectivity index (χ3n) is 4.21. The van der Waals surface area contributed by atoms with E-state index in [2.05, 4.69) is 10.9 Å². The molecule has 0 radical (unpaired) electrons. The molecule has 1 aliphatic rings. The SMILES string of the molecule is O=C(NNC(=O)C1CC(=O)N(CC(F)(F)F)C1)c1ccc(-c2ccc(F)cc2)s1. The fraction of sp³-hybridized carbons (Fsp3) is 0.278. The van der Waals surface area contributed by atoms with Crippen molar-refractivity contribution in [2.24, 2.45) is 5.92 Å². The van der Waals surface area contributed by atoms with E-state index < -0.39 is 36.4 Å². The smallest absolute Gasteiger partial charge is 0.333 e. The Hall–Kier alpha value is -2.95. The van der Waals surface area contributed by atoms with Gasteiger partial charge in [0.1, 0.15) is 12.4 Å². The van der Waals surface area contributed by atoms with Crippen molar-refractivity contribution in [3.05, 3.63) is 47.1 Å². The number of carbonyl (C=O) groups is 3. The van der Waals surface area contributed by atoms with E-state index in [-0.39, 0.29) is 23.7 Å². The monoisotopic (exact) mass is 429 g/mol. The van der Waals surface area contributed by atoms with Crippen LogP contribution in [0.2, 0.25) is 0 Å². The van der Waals surface area contributed by atoms with Gasteiger partial charge in [-0.3, -0.25) is 25.2 Å². The molecule has 1 aromatic heterocycles.